The normalized spacial score (nSPS) is 18.9. The highest BCUT2D eigenvalue weighted by Gasteiger charge is 2.36. The summed E-state index contributed by atoms with van der Waals surface area (Å²) < 4.78 is 14.0. The van der Waals surface area contributed by atoms with Gasteiger partial charge in [0, 0.05) is 35.7 Å². The van der Waals surface area contributed by atoms with E-state index in [0.717, 1.165) is 25.0 Å². The van der Waals surface area contributed by atoms with E-state index in [-0.39, 0.29) is 35.4 Å². The van der Waals surface area contributed by atoms with E-state index in [9.17, 15) is 28.4 Å². The van der Waals surface area contributed by atoms with Crippen molar-refractivity contribution in [3.05, 3.63) is 40.7 Å². The van der Waals surface area contributed by atoms with E-state index in [0.29, 0.717) is 19.4 Å². The van der Waals surface area contributed by atoms with Gasteiger partial charge in [-0.1, -0.05) is 30.5 Å². The van der Waals surface area contributed by atoms with E-state index in [1.165, 1.54) is 18.2 Å². The van der Waals surface area contributed by atoms with Gasteiger partial charge in [0.1, 0.15) is 11.9 Å². The molecular weight excluding hydrogens is 491 g/mol. The fourth-order valence-corrected chi connectivity index (χ4v) is 4.16. The lowest BCUT2D eigenvalue weighted by Crippen LogP contribution is -2.54. The molecule has 1 aliphatic heterocycles. The maximum atomic E-state index is 14.0. The first-order valence-electron chi connectivity index (χ1n) is 12.0. The number of halogens is 2. The Balaban J connectivity index is 1.70. The number of likely N-dealkylation sites (N-methyl/N-ethyl adjacent to an activating group) is 1. The van der Waals surface area contributed by atoms with Crippen LogP contribution in [0.15, 0.2) is 24.3 Å². The molecule has 4 amide bonds. The lowest BCUT2D eigenvalue weighted by atomic mass is 9.95. The van der Waals surface area contributed by atoms with Crippen LogP contribution >= 0.6 is 11.6 Å². The topological polar surface area (TPSA) is 133 Å². The number of benzene rings is 1. The number of ketones is 1. The van der Waals surface area contributed by atoms with Crippen molar-refractivity contribution in [1.29, 1.82) is 0 Å². The van der Waals surface area contributed by atoms with Crippen molar-refractivity contribution in [1.82, 2.24) is 21.3 Å². The smallest absolute Gasteiger partial charge is 0.289 e. The number of rotatable bonds is 12. The predicted octanol–water partition coefficient (Wildman–Crippen LogP) is 1.49. The summed E-state index contributed by atoms with van der Waals surface area (Å²) >= 11 is 5.74. The zero-order valence-corrected chi connectivity index (χ0v) is 20.7. The van der Waals surface area contributed by atoms with Crippen molar-refractivity contribution in [2.24, 2.45) is 11.8 Å². The number of hydrogen-bond acceptors (Lipinski definition) is 5. The lowest BCUT2D eigenvalue weighted by Gasteiger charge is -2.23. The summed E-state index contributed by atoms with van der Waals surface area (Å²) in [6, 6.07) is 1.86. The SMILES string of the molecule is CCNC(=O)C(=O)C(C[C@@H]1CCNC1=O)NC(=O)[C@H](CC1CC1)NC(=O)/C=C/c1ccc(Cl)cc1F. The molecule has 1 saturated carbocycles. The van der Waals surface area contributed by atoms with Crippen molar-refractivity contribution in [2.45, 2.75) is 51.1 Å². The van der Waals surface area contributed by atoms with Gasteiger partial charge >= 0.3 is 0 Å². The van der Waals surface area contributed by atoms with E-state index in [1.54, 1.807) is 6.92 Å². The average Bonchev–Trinajstić information content (AvgIpc) is 3.56. The lowest BCUT2D eigenvalue weighted by molar-refractivity contribution is -0.141. The maximum Gasteiger partial charge on any atom is 0.289 e. The Morgan fingerprint density at radius 1 is 1.14 bits per heavy atom. The minimum Gasteiger partial charge on any atom is -0.356 e. The summed E-state index contributed by atoms with van der Waals surface area (Å²) in [5, 5.41) is 10.5. The van der Waals surface area contributed by atoms with Crippen molar-refractivity contribution in [3.8, 4) is 0 Å². The van der Waals surface area contributed by atoms with E-state index < -0.39 is 47.3 Å². The van der Waals surface area contributed by atoms with Crippen LogP contribution in [-0.2, 0) is 24.0 Å². The Labute approximate surface area is 213 Å². The molecule has 1 aromatic rings. The highest BCUT2D eigenvalue weighted by Crippen LogP contribution is 2.33. The molecule has 1 aromatic carbocycles. The van der Waals surface area contributed by atoms with Gasteiger partial charge in [-0.15, -0.1) is 0 Å². The second-order valence-electron chi connectivity index (χ2n) is 9.04. The second-order valence-corrected chi connectivity index (χ2v) is 9.47. The molecule has 0 spiro atoms. The fourth-order valence-electron chi connectivity index (χ4n) is 4.00. The number of Topliss-reactive ketones (excluding diaryl/α,β-unsaturated/α-hetero) is 1. The van der Waals surface area contributed by atoms with Crippen molar-refractivity contribution < 1.29 is 28.4 Å². The Hall–Kier alpha value is -3.27. The minimum atomic E-state index is -1.21. The number of amides is 4. The van der Waals surface area contributed by atoms with Gasteiger partial charge in [0.05, 0.1) is 6.04 Å². The van der Waals surface area contributed by atoms with Gasteiger partial charge < -0.3 is 21.3 Å². The van der Waals surface area contributed by atoms with Crippen molar-refractivity contribution in [3.63, 3.8) is 0 Å². The van der Waals surface area contributed by atoms with E-state index in [1.807, 2.05) is 0 Å². The molecule has 0 bridgehead atoms. The quantitative estimate of drug-likeness (QED) is 0.245. The molecule has 4 N–H and O–H groups in total. The average molecular weight is 521 g/mol. The Bertz CT molecular complexity index is 1060. The van der Waals surface area contributed by atoms with Gasteiger partial charge in [-0.25, -0.2) is 4.39 Å². The van der Waals surface area contributed by atoms with E-state index in [4.69, 9.17) is 11.6 Å². The van der Waals surface area contributed by atoms with Crippen molar-refractivity contribution >= 4 is 47.1 Å². The first-order chi connectivity index (χ1) is 17.2. The summed E-state index contributed by atoms with van der Waals surface area (Å²) in [5.41, 5.74) is 0.153. The van der Waals surface area contributed by atoms with Crippen LogP contribution in [0.2, 0.25) is 5.02 Å². The standard InChI is InChI=1S/C25H30ClFN4O5/c1-2-28-25(36)22(33)19(12-16-9-10-29-23(16)34)31-24(35)20(11-14-3-4-14)30-21(32)8-6-15-5-7-17(26)13-18(15)27/h5-8,13-14,16,19-20H,2-4,9-12H2,1H3,(H,28,36)(H,29,34)(H,30,32)(H,31,35)/b8-6+/t16-,19?,20-/m0/s1. The highest BCUT2D eigenvalue weighted by molar-refractivity contribution is 6.38. The number of nitrogens with one attached hydrogen (secondary N) is 4. The van der Waals surface area contributed by atoms with Crippen LogP contribution in [0.3, 0.4) is 0 Å². The first-order valence-corrected chi connectivity index (χ1v) is 12.4. The summed E-state index contributed by atoms with van der Waals surface area (Å²) in [7, 11) is 0. The molecule has 2 aliphatic rings. The molecule has 194 valence electrons. The molecule has 3 atom stereocenters. The zero-order chi connectivity index (χ0) is 26.2. The third kappa shape index (κ3) is 7.87. The third-order valence-corrected chi connectivity index (χ3v) is 6.39. The molecule has 3 rings (SSSR count). The first kappa shape index (κ1) is 27.3. The Morgan fingerprint density at radius 2 is 1.89 bits per heavy atom. The molecule has 1 saturated heterocycles. The third-order valence-electron chi connectivity index (χ3n) is 6.15. The van der Waals surface area contributed by atoms with Gasteiger partial charge in [-0.2, -0.15) is 0 Å². The zero-order valence-electron chi connectivity index (χ0n) is 19.9. The van der Waals surface area contributed by atoms with Crippen molar-refractivity contribution in [2.75, 3.05) is 13.1 Å². The van der Waals surface area contributed by atoms with Crippen LogP contribution in [-0.4, -0.2) is 54.6 Å². The molecule has 0 radical (unpaired) electrons. The molecule has 1 heterocycles. The summed E-state index contributed by atoms with van der Waals surface area (Å²) in [5.74, 6) is -4.04. The monoisotopic (exact) mass is 520 g/mol. The molecular formula is C25H30ClFN4O5. The highest BCUT2D eigenvalue weighted by atomic mass is 35.5. The van der Waals surface area contributed by atoms with Crippen LogP contribution in [0.4, 0.5) is 4.39 Å². The maximum absolute atomic E-state index is 14.0. The van der Waals surface area contributed by atoms with Gasteiger partial charge in [-0.05, 0) is 50.3 Å². The van der Waals surface area contributed by atoms with E-state index >= 15 is 0 Å². The molecule has 11 heteroatoms. The molecule has 36 heavy (non-hydrogen) atoms. The Kier molecular flexibility index (Phi) is 9.58. The predicted molar refractivity (Wildman–Crippen MR) is 131 cm³/mol. The van der Waals surface area contributed by atoms with Crippen LogP contribution in [0.25, 0.3) is 6.08 Å². The summed E-state index contributed by atoms with van der Waals surface area (Å²) in [6.45, 7) is 2.35. The minimum absolute atomic E-state index is 0.0205. The largest absolute Gasteiger partial charge is 0.356 e. The van der Waals surface area contributed by atoms with Gasteiger partial charge in [0.15, 0.2) is 0 Å². The molecule has 9 nitrogen and oxygen atoms in total. The van der Waals surface area contributed by atoms with E-state index in [2.05, 4.69) is 21.3 Å². The van der Waals surface area contributed by atoms with Crippen LogP contribution < -0.4 is 21.3 Å². The summed E-state index contributed by atoms with van der Waals surface area (Å²) in [4.78, 5) is 62.7. The summed E-state index contributed by atoms with van der Waals surface area (Å²) in [6.07, 6.45) is 5.03. The fraction of sp³-hybridized carbons (Fsp3) is 0.480. The van der Waals surface area contributed by atoms with Gasteiger partial charge in [-0.3, -0.25) is 24.0 Å². The van der Waals surface area contributed by atoms with Gasteiger partial charge in [0.25, 0.3) is 5.91 Å². The molecule has 1 aliphatic carbocycles. The molecule has 1 unspecified atom stereocenters. The molecule has 0 aromatic heterocycles. The number of carbonyl (C=O) groups is 5. The van der Waals surface area contributed by atoms with Crippen LogP contribution in [0.5, 0.6) is 0 Å². The second kappa shape index (κ2) is 12.6. The van der Waals surface area contributed by atoms with Crippen LogP contribution in [0, 0.1) is 17.7 Å². The van der Waals surface area contributed by atoms with Crippen LogP contribution in [0.1, 0.15) is 44.6 Å². The van der Waals surface area contributed by atoms with Gasteiger partial charge in [0.2, 0.25) is 23.5 Å². The Morgan fingerprint density at radius 3 is 2.50 bits per heavy atom. The number of carbonyl (C=O) groups excluding carboxylic acids is 5. The number of hydrogen-bond donors (Lipinski definition) is 4. The molecule has 2 fully saturated rings.